The molecule has 21 heavy (non-hydrogen) atoms. The van der Waals surface area contributed by atoms with Crippen LogP contribution in [0.25, 0.3) is 0 Å². The van der Waals surface area contributed by atoms with Crippen molar-refractivity contribution < 1.29 is 4.39 Å². The lowest BCUT2D eigenvalue weighted by Gasteiger charge is -2.39. The minimum absolute atomic E-state index is 0.0898. The highest BCUT2D eigenvalue weighted by atomic mass is 19.1. The summed E-state index contributed by atoms with van der Waals surface area (Å²) in [5.74, 6) is 0.739. The van der Waals surface area contributed by atoms with Crippen molar-refractivity contribution in [2.45, 2.75) is 71.9 Å². The Balaban J connectivity index is 1.88. The van der Waals surface area contributed by atoms with E-state index in [1.807, 2.05) is 12.1 Å². The molecule has 118 valence electrons. The minimum atomic E-state index is -0.0988. The van der Waals surface area contributed by atoms with Crippen molar-refractivity contribution in [2.24, 2.45) is 11.3 Å². The smallest absolute Gasteiger partial charge is 0.127 e. The Labute approximate surface area is 129 Å². The molecule has 0 bridgehead atoms. The van der Waals surface area contributed by atoms with E-state index in [0.717, 1.165) is 11.5 Å². The summed E-state index contributed by atoms with van der Waals surface area (Å²) < 4.78 is 13.8. The lowest BCUT2D eigenvalue weighted by molar-refractivity contribution is 0.134. The van der Waals surface area contributed by atoms with Gasteiger partial charge in [0.1, 0.15) is 5.82 Å². The number of benzene rings is 1. The molecule has 1 N–H and O–H groups in total. The fourth-order valence-electron chi connectivity index (χ4n) is 3.60. The quantitative estimate of drug-likeness (QED) is 0.758. The van der Waals surface area contributed by atoms with E-state index in [1.165, 1.54) is 32.1 Å². The summed E-state index contributed by atoms with van der Waals surface area (Å²) in [7, 11) is 0. The van der Waals surface area contributed by atoms with Crippen molar-refractivity contribution in [2.75, 3.05) is 0 Å². The van der Waals surface area contributed by atoms with Gasteiger partial charge in [0.2, 0.25) is 0 Å². The van der Waals surface area contributed by atoms with Crippen LogP contribution in [0.4, 0.5) is 4.39 Å². The van der Waals surface area contributed by atoms with E-state index >= 15 is 0 Å². The highest BCUT2D eigenvalue weighted by molar-refractivity contribution is 5.20. The van der Waals surface area contributed by atoms with Crippen molar-refractivity contribution in [3.05, 3.63) is 35.6 Å². The summed E-state index contributed by atoms with van der Waals surface area (Å²) in [6, 6.07) is 7.73. The first kappa shape index (κ1) is 16.5. The number of hydrogen-bond donors (Lipinski definition) is 1. The first-order valence-electron chi connectivity index (χ1n) is 8.44. The molecule has 0 unspecified atom stereocenters. The van der Waals surface area contributed by atoms with E-state index in [2.05, 4.69) is 33.0 Å². The normalized spacial score (nSPS) is 24.8. The Morgan fingerprint density at radius 1 is 1.19 bits per heavy atom. The predicted molar refractivity (Wildman–Crippen MR) is 87.8 cm³/mol. The molecule has 2 heteroatoms. The molecule has 0 saturated heterocycles. The number of nitrogens with one attached hydrogen (secondary N) is 1. The number of hydrogen-bond acceptors (Lipinski definition) is 1. The van der Waals surface area contributed by atoms with Crippen molar-refractivity contribution in [1.82, 2.24) is 5.32 Å². The van der Waals surface area contributed by atoms with Gasteiger partial charge in [-0.25, -0.2) is 4.39 Å². The van der Waals surface area contributed by atoms with Gasteiger partial charge < -0.3 is 5.32 Å². The molecule has 0 heterocycles. The second-order valence-electron chi connectivity index (χ2n) is 7.30. The second-order valence-corrected chi connectivity index (χ2v) is 7.30. The van der Waals surface area contributed by atoms with Crippen LogP contribution in [0.15, 0.2) is 24.3 Å². The molecule has 1 saturated carbocycles. The van der Waals surface area contributed by atoms with Crippen LogP contribution in [0.5, 0.6) is 0 Å². The van der Waals surface area contributed by atoms with Gasteiger partial charge in [-0.05, 0) is 50.0 Å². The van der Waals surface area contributed by atoms with Gasteiger partial charge in [0.05, 0.1) is 0 Å². The van der Waals surface area contributed by atoms with E-state index in [9.17, 15) is 4.39 Å². The van der Waals surface area contributed by atoms with Crippen LogP contribution in [0.1, 0.15) is 71.4 Å². The zero-order valence-corrected chi connectivity index (χ0v) is 14.0. The third-order valence-corrected chi connectivity index (χ3v) is 5.60. The van der Waals surface area contributed by atoms with Gasteiger partial charge in [0.25, 0.3) is 0 Å². The molecule has 1 aliphatic rings. The van der Waals surface area contributed by atoms with E-state index in [4.69, 9.17) is 0 Å². The van der Waals surface area contributed by atoms with E-state index in [-0.39, 0.29) is 11.9 Å². The largest absolute Gasteiger partial charge is 0.307 e. The fourth-order valence-corrected chi connectivity index (χ4v) is 3.60. The van der Waals surface area contributed by atoms with E-state index < -0.39 is 0 Å². The SMILES string of the molecule is CCC(C)(C)C1CCC(N[C@H](C)c2ccccc2F)CC1. The van der Waals surface area contributed by atoms with Crippen molar-refractivity contribution in [3.8, 4) is 0 Å². The minimum Gasteiger partial charge on any atom is -0.307 e. The Morgan fingerprint density at radius 3 is 2.38 bits per heavy atom. The molecule has 1 fully saturated rings. The van der Waals surface area contributed by atoms with E-state index in [0.29, 0.717) is 11.5 Å². The van der Waals surface area contributed by atoms with Crippen LogP contribution < -0.4 is 5.32 Å². The summed E-state index contributed by atoms with van der Waals surface area (Å²) in [5.41, 5.74) is 1.25. The number of rotatable bonds is 5. The monoisotopic (exact) mass is 291 g/mol. The molecule has 1 aliphatic carbocycles. The second kappa shape index (κ2) is 6.91. The van der Waals surface area contributed by atoms with Crippen molar-refractivity contribution in [3.63, 3.8) is 0 Å². The summed E-state index contributed by atoms with van der Waals surface area (Å²) in [5, 5.41) is 3.63. The third kappa shape index (κ3) is 4.06. The summed E-state index contributed by atoms with van der Waals surface area (Å²) >= 11 is 0. The maximum atomic E-state index is 13.8. The first-order chi connectivity index (χ1) is 9.94. The molecule has 1 aromatic carbocycles. The third-order valence-electron chi connectivity index (χ3n) is 5.60. The van der Waals surface area contributed by atoms with Gasteiger partial charge in [0, 0.05) is 17.6 Å². The van der Waals surface area contributed by atoms with Crippen molar-refractivity contribution in [1.29, 1.82) is 0 Å². The van der Waals surface area contributed by atoms with E-state index in [1.54, 1.807) is 12.1 Å². The lowest BCUT2D eigenvalue weighted by atomic mass is 9.69. The van der Waals surface area contributed by atoms with Gasteiger partial charge in [-0.2, -0.15) is 0 Å². The molecular formula is C19H30FN. The Bertz CT molecular complexity index is 447. The molecule has 0 amide bonds. The Morgan fingerprint density at radius 2 is 1.81 bits per heavy atom. The molecule has 0 aliphatic heterocycles. The zero-order chi connectivity index (χ0) is 15.5. The molecule has 0 radical (unpaired) electrons. The van der Waals surface area contributed by atoms with Crippen LogP contribution in [0.2, 0.25) is 0 Å². The molecule has 2 rings (SSSR count). The number of halogens is 1. The molecule has 1 atom stereocenters. The molecule has 1 nitrogen and oxygen atoms in total. The summed E-state index contributed by atoms with van der Waals surface area (Å²) in [4.78, 5) is 0. The molecular weight excluding hydrogens is 261 g/mol. The van der Waals surface area contributed by atoms with Crippen LogP contribution in [-0.4, -0.2) is 6.04 Å². The lowest BCUT2D eigenvalue weighted by Crippen LogP contribution is -2.38. The average Bonchev–Trinajstić information content (AvgIpc) is 2.48. The van der Waals surface area contributed by atoms with Crippen LogP contribution in [0, 0.1) is 17.2 Å². The highest BCUT2D eigenvalue weighted by Crippen LogP contribution is 2.40. The Hall–Kier alpha value is -0.890. The summed E-state index contributed by atoms with van der Waals surface area (Å²) in [6.07, 6.45) is 6.27. The zero-order valence-electron chi connectivity index (χ0n) is 14.0. The first-order valence-corrected chi connectivity index (χ1v) is 8.44. The fraction of sp³-hybridized carbons (Fsp3) is 0.684. The average molecular weight is 291 g/mol. The highest BCUT2D eigenvalue weighted by Gasteiger charge is 2.32. The van der Waals surface area contributed by atoms with Crippen LogP contribution in [-0.2, 0) is 0 Å². The summed E-state index contributed by atoms with van der Waals surface area (Å²) in [6.45, 7) is 9.16. The molecule has 0 aromatic heterocycles. The van der Waals surface area contributed by atoms with Crippen LogP contribution in [0.3, 0.4) is 0 Å². The predicted octanol–water partition coefficient (Wildman–Crippen LogP) is 5.47. The molecule has 0 spiro atoms. The maximum Gasteiger partial charge on any atom is 0.127 e. The van der Waals surface area contributed by atoms with Gasteiger partial charge in [0.15, 0.2) is 0 Å². The van der Waals surface area contributed by atoms with Gasteiger partial charge in [-0.1, -0.05) is 45.4 Å². The maximum absolute atomic E-state index is 13.8. The van der Waals surface area contributed by atoms with Crippen molar-refractivity contribution >= 4 is 0 Å². The van der Waals surface area contributed by atoms with Crippen LogP contribution >= 0.6 is 0 Å². The van der Waals surface area contributed by atoms with Gasteiger partial charge in [-0.3, -0.25) is 0 Å². The standard InChI is InChI=1S/C19H30FN/c1-5-19(3,4)15-10-12-16(13-11-15)21-14(2)17-8-6-7-9-18(17)20/h6-9,14-16,21H,5,10-13H2,1-4H3/t14-,15?,16?/m1/s1. The van der Waals surface area contributed by atoms with Gasteiger partial charge >= 0.3 is 0 Å². The molecule has 1 aromatic rings. The topological polar surface area (TPSA) is 12.0 Å². The Kier molecular flexibility index (Phi) is 5.43. The van der Waals surface area contributed by atoms with Gasteiger partial charge in [-0.15, -0.1) is 0 Å².